The van der Waals surface area contributed by atoms with E-state index in [1.807, 2.05) is 16.9 Å². The van der Waals surface area contributed by atoms with Crippen LogP contribution in [0.1, 0.15) is 30.4 Å². The van der Waals surface area contributed by atoms with Crippen LogP contribution in [0.5, 0.6) is 0 Å². The fourth-order valence-corrected chi connectivity index (χ4v) is 2.61. The second kappa shape index (κ2) is 11.3. The first-order chi connectivity index (χ1) is 12.3. The van der Waals surface area contributed by atoms with Crippen LogP contribution < -0.4 is 10.6 Å². The highest BCUT2D eigenvalue weighted by atomic mass is 16.5. The van der Waals surface area contributed by atoms with E-state index in [0.717, 1.165) is 51.5 Å². The lowest BCUT2D eigenvalue weighted by atomic mass is 10.1. The summed E-state index contributed by atoms with van der Waals surface area (Å²) in [7, 11) is 3.55. The highest BCUT2D eigenvalue weighted by Crippen LogP contribution is 2.10. The van der Waals surface area contributed by atoms with Gasteiger partial charge in [-0.25, -0.2) is 0 Å². The van der Waals surface area contributed by atoms with Crippen molar-refractivity contribution < 1.29 is 4.74 Å². The second-order valence-corrected chi connectivity index (χ2v) is 5.88. The highest BCUT2D eigenvalue weighted by Gasteiger charge is 2.04. The van der Waals surface area contributed by atoms with Gasteiger partial charge in [0.25, 0.3) is 0 Å². The van der Waals surface area contributed by atoms with Gasteiger partial charge in [0.05, 0.1) is 6.54 Å². The van der Waals surface area contributed by atoms with Crippen LogP contribution in [0.4, 0.5) is 0 Å². The van der Waals surface area contributed by atoms with Crippen LogP contribution in [0, 0.1) is 0 Å². The van der Waals surface area contributed by atoms with Crippen molar-refractivity contribution in [3.05, 3.63) is 53.9 Å². The molecule has 0 unspecified atom stereocenters. The maximum absolute atomic E-state index is 5.06. The summed E-state index contributed by atoms with van der Waals surface area (Å²) in [6.45, 7) is 3.26. The fraction of sp³-hybridized carbons (Fsp3) is 0.474. The van der Waals surface area contributed by atoms with Gasteiger partial charge >= 0.3 is 0 Å². The first kappa shape index (κ1) is 19.0. The van der Waals surface area contributed by atoms with Gasteiger partial charge in [0.1, 0.15) is 0 Å². The van der Waals surface area contributed by atoms with Gasteiger partial charge in [-0.15, -0.1) is 0 Å². The molecule has 1 aromatic heterocycles. The van der Waals surface area contributed by atoms with Crippen molar-refractivity contribution in [2.24, 2.45) is 4.99 Å². The van der Waals surface area contributed by atoms with Gasteiger partial charge in [-0.3, -0.25) is 9.67 Å². The van der Waals surface area contributed by atoms with E-state index in [1.54, 1.807) is 20.4 Å². The molecule has 0 saturated heterocycles. The van der Waals surface area contributed by atoms with Crippen molar-refractivity contribution in [2.45, 2.75) is 32.4 Å². The maximum atomic E-state index is 5.06. The molecule has 6 nitrogen and oxygen atoms in total. The quantitative estimate of drug-likeness (QED) is 0.395. The Bertz CT molecular complexity index is 625. The number of hydrogen-bond acceptors (Lipinski definition) is 3. The number of rotatable bonds is 10. The zero-order valence-electron chi connectivity index (χ0n) is 15.2. The minimum Gasteiger partial charge on any atom is -0.385 e. The minimum atomic E-state index is 0.737. The minimum absolute atomic E-state index is 0.737. The molecule has 25 heavy (non-hydrogen) atoms. The first-order valence-electron chi connectivity index (χ1n) is 8.81. The van der Waals surface area contributed by atoms with E-state index in [4.69, 9.17) is 4.74 Å². The molecule has 6 heteroatoms. The Morgan fingerprint density at radius 3 is 2.68 bits per heavy atom. The SMILES string of the molecule is CN=C(NCCCCCOC)NCc1ccccc1Cn1cccn1. The number of benzene rings is 1. The van der Waals surface area contributed by atoms with Crippen molar-refractivity contribution in [3.8, 4) is 0 Å². The third kappa shape index (κ3) is 6.97. The third-order valence-electron chi connectivity index (χ3n) is 4.00. The van der Waals surface area contributed by atoms with Crippen LogP contribution in [-0.4, -0.2) is 43.0 Å². The Kier molecular flexibility index (Phi) is 8.55. The van der Waals surface area contributed by atoms with Gasteiger partial charge < -0.3 is 15.4 Å². The van der Waals surface area contributed by atoms with Gasteiger partial charge in [-0.2, -0.15) is 5.10 Å². The predicted octanol–water partition coefficient (Wildman–Crippen LogP) is 2.41. The molecule has 1 aromatic carbocycles. The van der Waals surface area contributed by atoms with Crippen molar-refractivity contribution in [2.75, 3.05) is 27.3 Å². The molecule has 0 aliphatic carbocycles. The van der Waals surface area contributed by atoms with Crippen LogP contribution in [0.2, 0.25) is 0 Å². The van der Waals surface area contributed by atoms with Crippen LogP contribution in [0.3, 0.4) is 0 Å². The van der Waals surface area contributed by atoms with Gasteiger partial charge in [0, 0.05) is 46.2 Å². The largest absolute Gasteiger partial charge is 0.385 e. The Morgan fingerprint density at radius 2 is 1.96 bits per heavy atom. The predicted molar refractivity (Wildman–Crippen MR) is 102 cm³/mol. The number of methoxy groups -OCH3 is 1. The molecule has 1 heterocycles. The van der Waals surface area contributed by atoms with Crippen molar-refractivity contribution >= 4 is 5.96 Å². The molecule has 2 aromatic rings. The average molecular weight is 343 g/mol. The zero-order chi connectivity index (χ0) is 17.7. The molecule has 0 radical (unpaired) electrons. The van der Waals surface area contributed by atoms with Crippen molar-refractivity contribution in [3.63, 3.8) is 0 Å². The number of nitrogens with zero attached hydrogens (tertiary/aromatic N) is 3. The van der Waals surface area contributed by atoms with E-state index < -0.39 is 0 Å². The lowest BCUT2D eigenvalue weighted by Crippen LogP contribution is -2.37. The Morgan fingerprint density at radius 1 is 1.12 bits per heavy atom. The Hall–Kier alpha value is -2.34. The van der Waals surface area contributed by atoms with E-state index in [1.165, 1.54) is 11.1 Å². The number of nitrogens with one attached hydrogen (secondary N) is 2. The number of hydrogen-bond donors (Lipinski definition) is 2. The third-order valence-corrected chi connectivity index (χ3v) is 4.00. The number of guanidine groups is 1. The molecule has 2 N–H and O–H groups in total. The summed E-state index contributed by atoms with van der Waals surface area (Å²) >= 11 is 0. The molecule has 0 spiro atoms. The molecule has 136 valence electrons. The fourth-order valence-electron chi connectivity index (χ4n) is 2.61. The van der Waals surface area contributed by atoms with Gasteiger partial charge in [0.2, 0.25) is 0 Å². The van der Waals surface area contributed by atoms with Gasteiger partial charge in [-0.05, 0) is 36.5 Å². The summed E-state index contributed by atoms with van der Waals surface area (Å²) in [5, 5.41) is 11.0. The Labute approximate surface area is 150 Å². The van der Waals surface area contributed by atoms with E-state index in [-0.39, 0.29) is 0 Å². The van der Waals surface area contributed by atoms with Crippen molar-refractivity contribution in [1.82, 2.24) is 20.4 Å². The van der Waals surface area contributed by atoms with Crippen LogP contribution in [0.15, 0.2) is 47.7 Å². The summed E-state index contributed by atoms with van der Waals surface area (Å²) in [5.74, 6) is 0.834. The average Bonchev–Trinajstić information content (AvgIpc) is 3.15. The molecule has 0 aliphatic heterocycles. The molecular formula is C19H29N5O. The number of aromatic nitrogens is 2. The summed E-state index contributed by atoms with van der Waals surface area (Å²) < 4.78 is 7.00. The maximum Gasteiger partial charge on any atom is 0.191 e. The van der Waals surface area contributed by atoms with Gasteiger partial charge in [0.15, 0.2) is 5.96 Å². The van der Waals surface area contributed by atoms with E-state index in [2.05, 4.69) is 45.0 Å². The molecule has 0 atom stereocenters. The van der Waals surface area contributed by atoms with E-state index in [9.17, 15) is 0 Å². The second-order valence-electron chi connectivity index (χ2n) is 5.88. The van der Waals surface area contributed by atoms with Crippen LogP contribution in [-0.2, 0) is 17.8 Å². The van der Waals surface area contributed by atoms with E-state index in [0.29, 0.717) is 0 Å². The topological polar surface area (TPSA) is 63.5 Å². The molecular weight excluding hydrogens is 314 g/mol. The molecule has 2 rings (SSSR count). The summed E-state index contributed by atoms with van der Waals surface area (Å²) in [6.07, 6.45) is 7.16. The lowest BCUT2D eigenvalue weighted by Gasteiger charge is -2.14. The lowest BCUT2D eigenvalue weighted by molar-refractivity contribution is 0.192. The number of aliphatic imine (C=N–C) groups is 1. The van der Waals surface area contributed by atoms with E-state index >= 15 is 0 Å². The highest BCUT2D eigenvalue weighted by molar-refractivity contribution is 5.79. The molecule has 0 fully saturated rings. The van der Waals surface area contributed by atoms with Gasteiger partial charge in [-0.1, -0.05) is 24.3 Å². The number of ether oxygens (including phenoxy) is 1. The standard InChI is InChI=1S/C19H29N5O/c1-20-19(21-11-6-3-7-14-25-2)22-15-17-9-4-5-10-18(17)16-24-13-8-12-23-24/h4-5,8-10,12-13H,3,6-7,11,14-16H2,1-2H3,(H2,20,21,22). The Balaban J connectivity index is 1.79. The molecule has 0 saturated carbocycles. The summed E-state index contributed by atoms with van der Waals surface area (Å²) in [4.78, 5) is 4.29. The van der Waals surface area contributed by atoms with Crippen LogP contribution in [0.25, 0.3) is 0 Å². The normalized spacial score (nSPS) is 11.5. The summed E-state index contributed by atoms with van der Waals surface area (Å²) in [6, 6.07) is 10.4. The van der Waals surface area contributed by atoms with Crippen LogP contribution >= 0.6 is 0 Å². The first-order valence-corrected chi connectivity index (χ1v) is 8.81. The number of unbranched alkanes of at least 4 members (excludes halogenated alkanes) is 2. The molecule has 0 aliphatic rings. The smallest absolute Gasteiger partial charge is 0.191 e. The molecule has 0 amide bonds. The monoisotopic (exact) mass is 343 g/mol. The molecule has 0 bridgehead atoms. The zero-order valence-corrected chi connectivity index (χ0v) is 15.2. The van der Waals surface area contributed by atoms with Crippen molar-refractivity contribution in [1.29, 1.82) is 0 Å². The summed E-state index contributed by atoms with van der Waals surface area (Å²) in [5.41, 5.74) is 2.51.